The molecule has 0 atom stereocenters. The van der Waals surface area contributed by atoms with E-state index in [1.807, 2.05) is 13.8 Å². The number of methoxy groups -OCH3 is 1. The van der Waals surface area contributed by atoms with Crippen LogP contribution in [0, 0.1) is 0 Å². The van der Waals surface area contributed by atoms with Crippen molar-refractivity contribution in [1.29, 1.82) is 0 Å². The zero-order valence-corrected chi connectivity index (χ0v) is 12.5. The van der Waals surface area contributed by atoms with Gasteiger partial charge in [0.25, 0.3) is 5.91 Å². The van der Waals surface area contributed by atoms with Gasteiger partial charge in [-0.15, -0.1) is 0 Å². The van der Waals surface area contributed by atoms with E-state index in [1.54, 1.807) is 19.2 Å². The van der Waals surface area contributed by atoms with Gasteiger partial charge in [0.2, 0.25) is 0 Å². The second-order valence-electron chi connectivity index (χ2n) is 3.68. The summed E-state index contributed by atoms with van der Waals surface area (Å²) in [5.41, 5.74) is 0.552. The highest BCUT2D eigenvalue weighted by Gasteiger charge is 2.14. The van der Waals surface area contributed by atoms with Crippen LogP contribution in [0.2, 0.25) is 0 Å². The Bertz CT molecular complexity index is 421. The van der Waals surface area contributed by atoms with E-state index in [0.29, 0.717) is 34.7 Å². The van der Waals surface area contributed by atoms with Crippen LogP contribution in [0.25, 0.3) is 0 Å². The first-order valence-electron chi connectivity index (χ1n) is 5.92. The lowest BCUT2D eigenvalue weighted by atomic mass is 10.2. The fraction of sp³-hybridized carbons (Fsp3) is 0.462. The largest absolute Gasteiger partial charge is 0.493 e. The molecule has 1 N–H and O–H groups in total. The Morgan fingerprint density at radius 3 is 2.67 bits per heavy atom. The van der Waals surface area contributed by atoms with E-state index >= 15 is 0 Å². The zero-order valence-electron chi connectivity index (χ0n) is 10.9. The molecule has 4 nitrogen and oxygen atoms in total. The van der Waals surface area contributed by atoms with E-state index < -0.39 is 0 Å². The van der Waals surface area contributed by atoms with Gasteiger partial charge in [0, 0.05) is 12.1 Å². The van der Waals surface area contributed by atoms with Crippen LogP contribution in [-0.4, -0.2) is 26.2 Å². The first kappa shape index (κ1) is 14.8. The third kappa shape index (κ3) is 3.63. The molecular weight excluding hydrogens is 298 g/mol. The molecule has 0 aromatic heterocycles. The van der Waals surface area contributed by atoms with Gasteiger partial charge in [-0.1, -0.05) is 6.92 Å². The Balaban J connectivity index is 3.02. The number of rotatable bonds is 6. The molecular formula is C13H18BrNO3. The van der Waals surface area contributed by atoms with Gasteiger partial charge in [-0.05, 0) is 41.4 Å². The van der Waals surface area contributed by atoms with E-state index in [2.05, 4.69) is 21.2 Å². The Morgan fingerprint density at radius 1 is 1.39 bits per heavy atom. The molecule has 1 aromatic carbocycles. The highest BCUT2D eigenvalue weighted by atomic mass is 79.9. The van der Waals surface area contributed by atoms with Gasteiger partial charge in [-0.2, -0.15) is 0 Å². The van der Waals surface area contributed by atoms with Crippen molar-refractivity contribution in [3.8, 4) is 11.5 Å². The maximum atomic E-state index is 11.9. The average Bonchev–Trinajstić information content (AvgIpc) is 2.38. The normalized spacial score (nSPS) is 10.0. The number of carbonyl (C=O) groups excluding carboxylic acids is 1. The molecule has 0 unspecified atom stereocenters. The van der Waals surface area contributed by atoms with Crippen molar-refractivity contribution >= 4 is 21.8 Å². The van der Waals surface area contributed by atoms with E-state index in [-0.39, 0.29) is 5.91 Å². The lowest BCUT2D eigenvalue weighted by molar-refractivity contribution is 0.0953. The lowest BCUT2D eigenvalue weighted by Crippen LogP contribution is -2.24. The van der Waals surface area contributed by atoms with Crippen molar-refractivity contribution in [2.75, 3.05) is 20.3 Å². The fourth-order valence-electron chi connectivity index (χ4n) is 1.48. The Kier molecular flexibility index (Phi) is 5.98. The molecule has 0 spiro atoms. The van der Waals surface area contributed by atoms with E-state index in [0.717, 1.165) is 6.42 Å². The second kappa shape index (κ2) is 7.26. The molecule has 0 heterocycles. The number of ether oxygens (including phenoxy) is 2. The Hall–Kier alpha value is -1.23. The molecule has 0 fully saturated rings. The van der Waals surface area contributed by atoms with Crippen LogP contribution in [-0.2, 0) is 0 Å². The predicted octanol–water partition coefficient (Wildman–Crippen LogP) is 3.00. The Morgan fingerprint density at radius 2 is 2.11 bits per heavy atom. The quantitative estimate of drug-likeness (QED) is 0.878. The van der Waals surface area contributed by atoms with Crippen LogP contribution in [0.1, 0.15) is 30.6 Å². The lowest BCUT2D eigenvalue weighted by Gasteiger charge is -2.13. The zero-order chi connectivity index (χ0) is 13.5. The molecule has 0 radical (unpaired) electrons. The molecule has 0 aliphatic rings. The topological polar surface area (TPSA) is 47.6 Å². The number of nitrogens with one attached hydrogen (secondary N) is 1. The van der Waals surface area contributed by atoms with Gasteiger partial charge in [-0.25, -0.2) is 0 Å². The molecule has 1 aromatic rings. The second-order valence-corrected chi connectivity index (χ2v) is 4.53. The number of hydrogen-bond acceptors (Lipinski definition) is 3. The van der Waals surface area contributed by atoms with Gasteiger partial charge in [0.15, 0.2) is 11.5 Å². The molecule has 1 amide bonds. The molecule has 0 aliphatic heterocycles. The smallest absolute Gasteiger partial charge is 0.251 e. The molecule has 1 rings (SSSR count). The molecule has 0 bridgehead atoms. The molecule has 100 valence electrons. The van der Waals surface area contributed by atoms with Gasteiger partial charge in [0.1, 0.15) is 0 Å². The van der Waals surface area contributed by atoms with Crippen LogP contribution in [0.4, 0.5) is 0 Å². The molecule has 0 saturated carbocycles. The van der Waals surface area contributed by atoms with Crippen molar-refractivity contribution in [2.45, 2.75) is 20.3 Å². The predicted molar refractivity (Wildman–Crippen MR) is 74.5 cm³/mol. The average molecular weight is 316 g/mol. The SMILES string of the molecule is CCCNC(=O)c1cc(Br)c(OCC)c(OC)c1. The standard InChI is InChI=1S/C13H18BrNO3/c1-4-6-15-13(16)9-7-10(14)12(18-5-2)11(8-9)17-3/h7-8H,4-6H2,1-3H3,(H,15,16). The monoisotopic (exact) mass is 315 g/mol. The summed E-state index contributed by atoms with van der Waals surface area (Å²) in [6.45, 7) is 5.10. The maximum absolute atomic E-state index is 11.9. The number of amides is 1. The first-order valence-corrected chi connectivity index (χ1v) is 6.71. The van der Waals surface area contributed by atoms with E-state index in [9.17, 15) is 4.79 Å². The summed E-state index contributed by atoms with van der Waals surface area (Å²) >= 11 is 3.39. The minimum Gasteiger partial charge on any atom is -0.493 e. The summed E-state index contributed by atoms with van der Waals surface area (Å²) in [4.78, 5) is 11.9. The van der Waals surface area contributed by atoms with Crippen molar-refractivity contribution in [1.82, 2.24) is 5.32 Å². The number of hydrogen-bond donors (Lipinski definition) is 1. The summed E-state index contributed by atoms with van der Waals surface area (Å²) < 4.78 is 11.4. The first-order chi connectivity index (χ1) is 8.63. The fourth-order valence-corrected chi connectivity index (χ4v) is 2.03. The van der Waals surface area contributed by atoms with Crippen LogP contribution in [0.3, 0.4) is 0 Å². The highest BCUT2D eigenvalue weighted by Crippen LogP contribution is 2.36. The van der Waals surface area contributed by atoms with E-state index in [1.165, 1.54) is 0 Å². The maximum Gasteiger partial charge on any atom is 0.251 e. The van der Waals surface area contributed by atoms with Gasteiger partial charge in [0.05, 0.1) is 18.2 Å². The Labute approximate surface area is 116 Å². The third-order valence-electron chi connectivity index (χ3n) is 2.32. The van der Waals surface area contributed by atoms with Crippen molar-refractivity contribution in [3.05, 3.63) is 22.2 Å². The van der Waals surface area contributed by atoms with Gasteiger partial charge >= 0.3 is 0 Å². The number of carbonyl (C=O) groups is 1. The summed E-state index contributed by atoms with van der Waals surface area (Å²) in [6.07, 6.45) is 0.904. The minimum absolute atomic E-state index is 0.112. The summed E-state index contributed by atoms with van der Waals surface area (Å²) in [7, 11) is 1.55. The van der Waals surface area contributed by atoms with Crippen LogP contribution in [0.15, 0.2) is 16.6 Å². The highest BCUT2D eigenvalue weighted by molar-refractivity contribution is 9.10. The van der Waals surface area contributed by atoms with Crippen molar-refractivity contribution in [3.63, 3.8) is 0 Å². The number of benzene rings is 1. The number of halogens is 1. The van der Waals surface area contributed by atoms with Crippen molar-refractivity contribution in [2.24, 2.45) is 0 Å². The molecule has 5 heteroatoms. The van der Waals surface area contributed by atoms with Crippen LogP contribution >= 0.6 is 15.9 Å². The van der Waals surface area contributed by atoms with Crippen LogP contribution < -0.4 is 14.8 Å². The molecule has 0 saturated heterocycles. The summed E-state index contributed by atoms with van der Waals surface area (Å²) in [6, 6.07) is 3.42. The van der Waals surface area contributed by atoms with Crippen molar-refractivity contribution < 1.29 is 14.3 Å². The summed E-state index contributed by atoms with van der Waals surface area (Å²) in [5, 5.41) is 2.82. The van der Waals surface area contributed by atoms with Gasteiger partial charge in [-0.3, -0.25) is 4.79 Å². The summed E-state index contributed by atoms with van der Waals surface area (Å²) in [5.74, 6) is 1.05. The third-order valence-corrected chi connectivity index (χ3v) is 2.90. The minimum atomic E-state index is -0.112. The van der Waals surface area contributed by atoms with Gasteiger partial charge < -0.3 is 14.8 Å². The van der Waals surface area contributed by atoms with E-state index in [4.69, 9.17) is 9.47 Å². The molecule has 18 heavy (non-hydrogen) atoms. The molecule has 0 aliphatic carbocycles. The van der Waals surface area contributed by atoms with Crippen LogP contribution in [0.5, 0.6) is 11.5 Å².